The van der Waals surface area contributed by atoms with Gasteiger partial charge in [0.2, 0.25) is 5.91 Å². The molecule has 0 saturated carbocycles. The second kappa shape index (κ2) is 8.15. The van der Waals surface area contributed by atoms with E-state index in [4.69, 9.17) is 5.11 Å². The van der Waals surface area contributed by atoms with E-state index in [0.717, 1.165) is 12.8 Å². The van der Waals surface area contributed by atoms with Gasteiger partial charge in [-0.15, -0.1) is 0 Å². The van der Waals surface area contributed by atoms with Gasteiger partial charge in [0.1, 0.15) is 6.04 Å². The molecule has 0 rings (SSSR count). The van der Waals surface area contributed by atoms with E-state index in [2.05, 4.69) is 31.4 Å². The van der Waals surface area contributed by atoms with Crippen molar-refractivity contribution in [2.75, 3.05) is 13.1 Å². The fraction of sp³-hybridized carbons (Fsp3) is 0.857. The number of nitrogens with one attached hydrogen (secondary N) is 2. The molecule has 5 nitrogen and oxygen atoms in total. The summed E-state index contributed by atoms with van der Waals surface area (Å²) in [6.45, 7) is 10.8. The number of hydrogen-bond acceptors (Lipinski definition) is 3. The Labute approximate surface area is 116 Å². The van der Waals surface area contributed by atoms with Gasteiger partial charge >= 0.3 is 5.97 Å². The molecule has 0 aromatic carbocycles. The molecule has 2 atom stereocenters. The predicted octanol–water partition coefficient (Wildman–Crippen LogP) is 1.63. The van der Waals surface area contributed by atoms with Crippen LogP contribution in [0.25, 0.3) is 0 Å². The molecule has 0 aromatic heterocycles. The fourth-order valence-corrected chi connectivity index (χ4v) is 1.61. The maximum absolute atomic E-state index is 11.6. The van der Waals surface area contributed by atoms with E-state index < -0.39 is 12.0 Å². The lowest BCUT2D eigenvalue weighted by atomic mass is 9.92. The molecule has 112 valence electrons. The highest BCUT2D eigenvalue weighted by Crippen LogP contribution is 2.16. The molecule has 0 radical (unpaired) electrons. The minimum Gasteiger partial charge on any atom is -0.480 e. The van der Waals surface area contributed by atoms with Crippen LogP contribution in [0.4, 0.5) is 0 Å². The Kier molecular flexibility index (Phi) is 7.68. The van der Waals surface area contributed by atoms with E-state index in [1.165, 1.54) is 0 Å². The molecule has 0 unspecified atom stereocenters. The van der Waals surface area contributed by atoms with E-state index in [0.29, 0.717) is 6.54 Å². The molecule has 0 heterocycles. The number of hydrogen-bond donors (Lipinski definition) is 3. The van der Waals surface area contributed by atoms with Crippen molar-refractivity contribution in [2.45, 2.75) is 53.5 Å². The van der Waals surface area contributed by atoms with Crippen molar-refractivity contribution >= 4 is 11.9 Å². The molecule has 0 aliphatic rings. The van der Waals surface area contributed by atoms with E-state index in [1.54, 1.807) is 0 Å². The van der Waals surface area contributed by atoms with Gasteiger partial charge in [0.15, 0.2) is 0 Å². The van der Waals surface area contributed by atoms with Gasteiger partial charge in [-0.3, -0.25) is 14.9 Å². The normalized spacial score (nSPS) is 14.8. The Morgan fingerprint density at radius 2 is 1.84 bits per heavy atom. The number of carbonyl (C=O) groups excluding carboxylic acids is 1. The Balaban J connectivity index is 4.03. The van der Waals surface area contributed by atoms with Crippen LogP contribution in [0.1, 0.15) is 47.5 Å². The predicted molar refractivity (Wildman–Crippen MR) is 76.0 cm³/mol. The molecule has 5 heteroatoms. The van der Waals surface area contributed by atoms with Gasteiger partial charge in [-0.25, -0.2) is 0 Å². The van der Waals surface area contributed by atoms with E-state index in [9.17, 15) is 9.59 Å². The molecule has 0 saturated heterocycles. The zero-order valence-corrected chi connectivity index (χ0v) is 12.7. The lowest BCUT2D eigenvalue weighted by molar-refractivity contribution is -0.140. The summed E-state index contributed by atoms with van der Waals surface area (Å²) in [7, 11) is 0. The summed E-state index contributed by atoms with van der Waals surface area (Å²) in [4.78, 5) is 22.7. The number of carboxylic acid groups (broad SMARTS) is 1. The minimum absolute atomic E-state index is 0.000116. The second-order valence-electron chi connectivity index (χ2n) is 6.24. The second-order valence-corrected chi connectivity index (χ2v) is 6.24. The van der Waals surface area contributed by atoms with E-state index in [-0.39, 0.29) is 23.8 Å². The molecule has 0 fully saturated rings. The first-order chi connectivity index (χ1) is 8.67. The van der Waals surface area contributed by atoms with Gasteiger partial charge in [0, 0.05) is 6.54 Å². The van der Waals surface area contributed by atoms with Crippen molar-refractivity contribution in [3.8, 4) is 0 Å². The average molecular weight is 272 g/mol. The van der Waals surface area contributed by atoms with Gasteiger partial charge in [-0.05, 0) is 17.8 Å². The van der Waals surface area contributed by atoms with Crippen LogP contribution in [0.3, 0.4) is 0 Å². The lowest BCUT2D eigenvalue weighted by Gasteiger charge is -2.21. The number of carbonyl (C=O) groups is 2. The first-order valence-electron chi connectivity index (χ1n) is 6.90. The summed E-state index contributed by atoms with van der Waals surface area (Å²) < 4.78 is 0. The van der Waals surface area contributed by atoms with Crippen molar-refractivity contribution in [1.29, 1.82) is 0 Å². The smallest absolute Gasteiger partial charge is 0.320 e. The lowest BCUT2D eigenvalue weighted by Crippen LogP contribution is -2.46. The van der Waals surface area contributed by atoms with Crippen molar-refractivity contribution in [2.24, 2.45) is 11.3 Å². The SMILES string of the molecule is CC[C@H](C)[C@H](NCC(=O)NCCC(C)(C)C)C(=O)O. The first kappa shape index (κ1) is 17.9. The molecule has 0 spiro atoms. The summed E-state index contributed by atoms with van der Waals surface area (Å²) in [6.07, 6.45) is 1.65. The first-order valence-corrected chi connectivity index (χ1v) is 6.90. The van der Waals surface area contributed by atoms with Crippen molar-refractivity contribution in [1.82, 2.24) is 10.6 Å². The zero-order chi connectivity index (χ0) is 15.1. The largest absolute Gasteiger partial charge is 0.480 e. The third-order valence-corrected chi connectivity index (χ3v) is 3.16. The summed E-state index contributed by atoms with van der Waals surface area (Å²) in [5, 5.41) is 14.7. The van der Waals surface area contributed by atoms with Crippen LogP contribution in [0, 0.1) is 11.3 Å². The monoisotopic (exact) mass is 272 g/mol. The number of carboxylic acids is 1. The van der Waals surface area contributed by atoms with Crippen LogP contribution in [0.15, 0.2) is 0 Å². The topological polar surface area (TPSA) is 78.4 Å². The Morgan fingerprint density at radius 1 is 1.26 bits per heavy atom. The molecule has 19 heavy (non-hydrogen) atoms. The van der Waals surface area contributed by atoms with Crippen LogP contribution in [0.2, 0.25) is 0 Å². The van der Waals surface area contributed by atoms with Crippen LogP contribution < -0.4 is 10.6 Å². The summed E-state index contributed by atoms with van der Waals surface area (Å²) in [5.41, 5.74) is 0.182. The highest BCUT2D eigenvalue weighted by atomic mass is 16.4. The van der Waals surface area contributed by atoms with E-state index >= 15 is 0 Å². The Hall–Kier alpha value is -1.10. The van der Waals surface area contributed by atoms with Crippen LogP contribution in [-0.4, -0.2) is 36.1 Å². The molecular weight excluding hydrogens is 244 g/mol. The molecule has 3 N–H and O–H groups in total. The van der Waals surface area contributed by atoms with Crippen molar-refractivity contribution in [3.05, 3.63) is 0 Å². The molecule has 0 aromatic rings. The highest BCUT2D eigenvalue weighted by Gasteiger charge is 2.23. The van der Waals surface area contributed by atoms with Gasteiger partial charge < -0.3 is 10.4 Å². The van der Waals surface area contributed by atoms with Crippen LogP contribution in [0.5, 0.6) is 0 Å². The van der Waals surface area contributed by atoms with E-state index in [1.807, 2.05) is 13.8 Å². The average Bonchev–Trinajstić information content (AvgIpc) is 2.26. The number of amides is 1. The Bertz CT molecular complexity index is 298. The number of rotatable bonds is 8. The summed E-state index contributed by atoms with van der Waals surface area (Å²) >= 11 is 0. The third kappa shape index (κ3) is 8.59. The fourth-order valence-electron chi connectivity index (χ4n) is 1.61. The van der Waals surface area contributed by atoms with Crippen LogP contribution >= 0.6 is 0 Å². The third-order valence-electron chi connectivity index (χ3n) is 3.16. The maximum atomic E-state index is 11.6. The molecule has 1 amide bonds. The number of aliphatic carboxylic acids is 1. The molecule has 0 aliphatic heterocycles. The minimum atomic E-state index is -0.906. The summed E-state index contributed by atoms with van der Waals surface area (Å²) in [5.74, 6) is -1.06. The van der Waals surface area contributed by atoms with Crippen molar-refractivity contribution < 1.29 is 14.7 Å². The van der Waals surface area contributed by atoms with Gasteiger partial charge in [0.25, 0.3) is 0 Å². The molecule has 0 aliphatic carbocycles. The van der Waals surface area contributed by atoms with Gasteiger partial charge in [0.05, 0.1) is 6.54 Å². The Morgan fingerprint density at radius 3 is 2.26 bits per heavy atom. The molecule has 0 bridgehead atoms. The maximum Gasteiger partial charge on any atom is 0.320 e. The molecular formula is C14H28N2O3. The zero-order valence-electron chi connectivity index (χ0n) is 12.7. The van der Waals surface area contributed by atoms with Crippen LogP contribution in [-0.2, 0) is 9.59 Å². The summed E-state index contributed by atoms with van der Waals surface area (Å²) in [6, 6.07) is -0.668. The van der Waals surface area contributed by atoms with Crippen molar-refractivity contribution in [3.63, 3.8) is 0 Å². The van der Waals surface area contributed by atoms with Gasteiger partial charge in [-0.2, -0.15) is 0 Å². The van der Waals surface area contributed by atoms with Gasteiger partial charge in [-0.1, -0.05) is 41.0 Å². The quantitative estimate of drug-likeness (QED) is 0.627. The highest BCUT2D eigenvalue weighted by molar-refractivity contribution is 5.79. The standard InChI is InChI=1S/C14H28N2O3/c1-6-10(2)12(13(18)19)16-9-11(17)15-8-7-14(3,4)5/h10,12,16H,6-9H2,1-5H3,(H,15,17)(H,18,19)/t10-,12-/m0/s1.